The highest BCUT2D eigenvalue weighted by Gasteiger charge is 2.26. The first-order valence-corrected chi connectivity index (χ1v) is 10.5. The van der Waals surface area contributed by atoms with Crippen LogP contribution in [-0.4, -0.2) is 55.5 Å². The quantitative estimate of drug-likeness (QED) is 0.605. The predicted molar refractivity (Wildman–Crippen MR) is 120 cm³/mol. The molecule has 0 amide bonds. The Morgan fingerprint density at radius 1 is 1.03 bits per heavy atom. The van der Waals surface area contributed by atoms with Crippen LogP contribution < -0.4 is 16.1 Å². The first-order valence-electron chi connectivity index (χ1n) is 10.5. The number of fused-ring (bicyclic) bond motifs is 1. The minimum atomic E-state index is -0.546. The fourth-order valence-electron chi connectivity index (χ4n) is 4.17. The molecular formula is C22H28N6O3. The second kappa shape index (κ2) is 8.14. The molecule has 9 heteroatoms. The third-order valence-electron chi connectivity index (χ3n) is 6.20. The number of aryl methyl sites for hydroxylation is 1. The molecule has 4 rings (SSSR count). The van der Waals surface area contributed by atoms with Gasteiger partial charge in [-0.3, -0.25) is 23.6 Å². The van der Waals surface area contributed by atoms with Crippen LogP contribution in [0, 0.1) is 0 Å². The number of rotatable bonds is 5. The number of hydrogen-bond acceptors (Lipinski definition) is 6. The van der Waals surface area contributed by atoms with Crippen LogP contribution in [0.1, 0.15) is 25.7 Å². The lowest BCUT2D eigenvalue weighted by Gasteiger charge is -2.36. The van der Waals surface area contributed by atoms with Crippen molar-refractivity contribution in [2.24, 2.45) is 14.1 Å². The zero-order valence-corrected chi connectivity index (χ0v) is 18.4. The van der Waals surface area contributed by atoms with E-state index in [1.807, 2.05) is 18.2 Å². The second-order valence-electron chi connectivity index (χ2n) is 8.16. The molecule has 0 radical (unpaired) electrons. The summed E-state index contributed by atoms with van der Waals surface area (Å²) in [6, 6.07) is 9.77. The zero-order chi connectivity index (χ0) is 22.3. The summed E-state index contributed by atoms with van der Waals surface area (Å²) in [5, 5.41) is 0. The average molecular weight is 425 g/mol. The molecule has 1 aliphatic heterocycles. The monoisotopic (exact) mass is 424 g/mol. The molecule has 0 spiro atoms. The fraction of sp³-hybridized carbons (Fsp3) is 0.455. The van der Waals surface area contributed by atoms with Crippen LogP contribution in [0.3, 0.4) is 0 Å². The Balaban J connectivity index is 1.68. The van der Waals surface area contributed by atoms with Gasteiger partial charge in [-0.05, 0) is 26.0 Å². The van der Waals surface area contributed by atoms with E-state index in [-0.39, 0.29) is 5.78 Å². The number of ketones is 1. The van der Waals surface area contributed by atoms with E-state index < -0.39 is 17.3 Å². The topological polar surface area (TPSA) is 85.4 Å². The van der Waals surface area contributed by atoms with Crippen molar-refractivity contribution in [1.29, 1.82) is 0 Å². The van der Waals surface area contributed by atoms with Crippen LogP contribution >= 0.6 is 0 Å². The molecule has 1 aliphatic rings. The van der Waals surface area contributed by atoms with Crippen molar-refractivity contribution in [3.8, 4) is 0 Å². The lowest BCUT2D eigenvalue weighted by molar-refractivity contribution is -0.119. The zero-order valence-electron chi connectivity index (χ0n) is 18.4. The normalized spacial score (nSPS) is 16.1. The number of Topliss-reactive ketones (excluding diaryl/α,β-unsaturated/α-hetero) is 1. The maximum atomic E-state index is 12.9. The number of imidazole rings is 1. The van der Waals surface area contributed by atoms with E-state index in [0.717, 1.165) is 30.7 Å². The van der Waals surface area contributed by atoms with E-state index in [1.54, 1.807) is 18.5 Å². The molecule has 31 heavy (non-hydrogen) atoms. The molecule has 1 saturated heterocycles. The third kappa shape index (κ3) is 3.69. The molecule has 3 heterocycles. The molecule has 0 unspecified atom stereocenters. The molecule has 1 atom stereocenters. The molecule has 1 aromatic carbocycles. The maximum absolute atomic E-state index is 12.9. The summed E-state index contributed by atoms with van der Waals surface area (Å²) >= 11 is 0. The van der Waals surface area contributed by atoms with E-state index in [0.29, 0.717) is 23.5 Å². The molecule has 9 nitrogen and oxygen atoms in total. The summed E-state index contributed by atoms with van der Waals surface area (Å²) in [5.74, 6) is 0.564. The Labute approximate surface area is 180 Å². The average Bonchev–Trinajstić information content (AvgIpc) is 3.15. The van der Waals surface area contributed by atoms with Gasteiger partial charge < -0.3 is 9.47 Å². The van der Waals surface area contributed by atoms with Crippen molar-refractivity contribution >= 4 is 22.6 Å². The van der Waals surface area contributed by atoms with E-state index in [9.17, 15) is 14.4 Å². The van der Waals surface area contributed by atoms with Gasteiger partial charge in [0.1, 0.15) is 5.82 Å². The Morgan fingerprint density at radius 3 is 2.29 bits per heavy atom. The number of aromatic nitrogens is 4. The molecule has 0 saturated carbocycles. The van der Waals surface area contributed by atoms with Gasteiger partial charge in [-0.25, -0.2) is 9.78 Å². The SMILES string of the molecule is CC(=O)[C@@H](C)n1c(CN2CCN(c3ccccc3)CC2)nc2c1c(=O)n(C)c(=O)n2C. The first-order chi connectivity index (χ1) is 14.8. The number of carbonyl (C=O) groups is 1. The van der Waals surface area contributed by atoms with Crippen LogP contribution in [0.2, 0.25) is 0 Å². The standard InChI is InChI=1S/C22H28N6O3/c1-15(16(2)29)28-18(23-20-19(28)21(30)25(4)22(31)24(20)3)14-26-10-12-27(13-11-26)17-8-6-5-7-9-17/h5-9,15H,10-14H2,1-4H3/t15-/m1/s1. The number of carbonyl (C=O) groups excluding carboxylic acids is 1. The van der Waals surface area contributed by atoms with E-state index in [2.05, 4.69) is 26.9 Å². The van der Waals surface area contributed by atoms with Crippen molar-refractivity contribution < 1.29 is 4.79 Å². The van der Waals surface area contributed by atoms with Crippen LogP contribution in [0.5, 0.6) is 0 Å². The molecule has 0 aliphatic carbocycles. The number of nitrogens with zero attached hydrogens (tertiary/aromatic N) is 6. The van der Waals surface area contributed by atoms with E-state index >= 15 is 0 Å². The van der Waals surface area contributed by atoms with Crippen LogP contribution in [-0.2, 0) is 25.4 Å². The minimum Gasteiger partial charge on any atom is -0.369 e. The summed E-state index contributed by atoms with van der Waals surface area (Å²) < 4.78 is 4.15. The minimum absolute atomic E-state index is 0.0645. The van der Waals surface area contributed by atoms with Gasteiger partial charge in [0.2, 0.25) is 0 Å². The summed E-state index contributed by atoms with van der Waals surface area (Å²) in [6.07, 6.45) is 0. The van der Waals surface area contributed by atoms with E-state index in [4.69, 9.17) is 0 Å². The molecule has 0 N–H and O–H groups in total. The van der Waals surface area contributed by atoms with Crippen LogP contribution in [0.25, 0.3) is 11.2 Å². The predicted octanol–water partition coefficient (Wildman–Crippen LogP) is 0.906. The van der Waals surface area contributed by atoms with Crippen molar-refractivity contribution in [2.75, 3.05) is 31.1 Å². The molecule has 1 fully saturated rings. The number of anilines is 1. The summed E-state index contributed by atoms with van der Waals surface area (Å²) in [6.45, 7) is 7.22. The number of para-hydroxylation sites is 1. The molecule has 0 bridgehead atoms. The Bertz CT molecular complexity index is 1230. The van der Waals surface area contributed by atoms with Crippen molar-refractivity contribution in [3.05, 3.63) is 57.0 Å². The van der Waals surface area contributed by atoms with Gasteiger partial charge in [0.15, 0.2) is 16.9 Å². The molecule has 2 aromatic heterocycles. The Morgan fingerprint density at radius 2 is 1.68 bits per heavy atom. The Hall–Kier alpha value is -3.20. The number of piperazine rings is 1. The highest BCUT2D eigenvalue weighted by atomic mass is 16.2. The third-order valence-corrected chi connectivity index (χ3v) is 6.20. The smallest absolute Gasteiger partial charge is 0.332 e. The largest absolute Gasteiger partial charge is 0.369 e. The molecular weight excluding hydrogens is 396 g/mol. The molecule has 3 aromatic rings. The number of hydrogen-bond donors (Lipinski definition) is 0. The van der Waals surface area contributed by atoms with Gasteiger partial charge >= 0.3 is 5.69 Å². The lowest BCUT2D eigenvalue weighted by atomic mass is 10.2. The highest BCUT2D eigenvalue weighted by molar-refractivity contribution is 5.82. The first kappa shape index (κ1) is 21.0. The lowest BCUT2D eigenvalue weighted by Crippen LogP contribution is -2.46. The van der Waals surface area contributed by atoms with Crippen molar-refractivity contribution in [3.63, 3.8) is 0 Å². The van der Waals surface area contributed by atoms with E-state index in [1.165, 1.54) is 24.2 Å². The van der Waals surface area contributed by atoms with Crippen molar-refractivity contribution in [1.82, 2.24) is 23.6 Å². The van der Waals surface area contributed by atoms with Crippen LogP contribution in [0.15, 0.2) is 39.9 Å². The van der Waals surface area contributed by atoms with Gasteiger partial charge in [0.25, 0.3) is 5.56 Å². The summed E-state index contributed by atoms with van der Waals surface area (Å²) in [4.78, 5) is 46.8. The summed E-state index contributed by atoms with van der Waals surface area (Å²) in [5.41, 5.74) is 0.960. The fourth-order valence-corrected chi connectivity index (χ4v) is 4.17. The highest BCUT2D eigenvalue weighted by Crippen LogP contribution is 2.21. The van der Waals surface area contributed by atoms with Gasteiger partial charge in [-0.15, -0.1) is 0 Å². The number of benzene rings is 1. The Kier molecular flexibility index (Phi) is 5.53. The van der Waals surface area contributed by atoms with Crippen LogP contribution in [0.4, 0.5) is 5.69 Å². The van der Waals surface area contributed by atoms with Gasteiger partial charge in [-0.1, -0.05) is 18.2 Å². The van der Waals surface area contributed by atoms with Gasteiger partial charge in [-0.2, -0.15) is 0 Å². The summed E-state index contributed by atoms with van der Waals surface area (Å²) in [7, 11) is 3.05. The second-order valence-corrected chi connectivity index (χ2v) is 8.16. The molecule has 164 valence electrons. The maximum Gasteiger partial charge on any atom is 0.332 e. The van der Waals surface area contributed by atoms with Gasteiger partial charge in [0.05, 0.1) is 12.6 Å². The van der Waals surface area contributed by atoms with Crippen molar-refractivity contribution in [2.45, 2.75) is 26.4 Å². The van der Waals surface area contributed by atoms with Gasteiger partial charge in [0, 0.05) is 46.0 Å².